The van der Waals surface area contributed by atoms with Gasteiger partial charge in [0.1, 0.15) is 0 Å². The van der Waals surface area contributed by atoms with E-state index in [1.165, 1.54) is 0 Å². The average Bonchev–Trinajstić information content (AvgIpc) is 2.74. The fraction of sp³-hybridized carbons (Fsp3) is 0.409. The van der Waals surface area contributed by atoms with E-state index >= 15 is 0 Å². The van der Waals surface area contributed by atoms with Crippen LogP contribution in [0.3, 0.4) is 0 Å². The SMILES string of the molecule is CCc1ccccc1NC(=O)c1cccc(CN2CCN(S(=O)(=O)CC)CC2)c1. The van der Waals surface area contributed by atoms with Crippen molar-refractivity contribution in [2.45, 2.75) is 26.8 Å². The lowest BCUT2D eigenvalue weighted by Crippen LogP contribution is -2.48. The molecule has 1 N–H and O–H groups in total. The summed E-state index contributed by atoms with van der Waals surface area (Å²) in [7, 11) is -3.12. The molecule has 0 unspecified atom stereocenters. The Morgan fingerprint density at radius 3 is 2.41 bits per heavy atom. The first-order valence-electron chi connectivity index (χ1n) is 10.1. The average molecular weight is 416 g/mol. The molecule has 1 aliphatic heterocycles. The maximum absolute atomic E-state index is 12.7. The predicted octanol–water partition coefficient (Wildman–Crippen LogP) is 2.97. The molecule has 2 aromatic carbocycles. The summed E-state index contributed by atoms with van der Waals surface area (Å²) >= 11 is 0. The Morgan fingerprint density at radius 2 is 1.72 bits per heavy atom. The third-order valence-corrected chi connectivity index (χ3v) is 7.21. The van der Waals surface area contributed by atoms with Gasteiger partial charge in [-0.2, -0.15) is 4.31 Å². The standard InChI is InChI=1S/C22H29N3O3S/c1-3-19-9-5-6-11-21(19)23-22(26)20-10-7-8-18(16-20)17-24-12-14-25(15-13-24)29(27,28)4-2/h5-11,16H,3-4,12-15,17H2,1-2H3,(H,23,26). The van der Waals surface area contributed by atoms with Crippen molar-refractivity contribution in [1.29, 1.82) is 0 Å². The van der Waals surface area contributed by atoms with Crippen molar-refractivity contribution < 1.29 is 13.2 Å². The van der Waals surface area contributed by atoms with Gasteiger partial charge in [0.05, 0.1) is 5.75 Å². The van der Waals surface area contributed by atoms with E-state index in [1.54, 1.807) is 11.2 Å². The molecule has 1 fully saturated rings. The van der Waals surface area contributed by atoms with Crippen molar-refractivity contribution in [3.63, 3.8) is 0 Å². The minimum absolute atomic E-state index is 0.119. The van der Waals surface area contributed by atoms with Gasteiger partial charge < -0.3 is 5.32 Å². The van der Waals surface area contributed by atoms with Crippen molar-refractivity contribution >= 4 is 21.6 Å². The van der Waals surface area contributed by atoms with Gasteiger partial charge in [-0.1, -0.05) is 37.3 Å². The van der Waals surface area contributed by atoms with E-state index in [9.17, 15) is 13.2 Å². The summed E-state index contributed by atoms with van der Waals surface area (Å²) in [6.45, 7) is 6.87. The van der Waals surface area contributed by atoms with Crippen LogP contribution in [0.5, 0.6) is 0 Å². The Hall–Kier alpha value is -2.22. The van der Waals surface area contributed by atoms with Crippen LogP contribution in [-0.2, 0) is 23.0 Å². The van der Waals surface area contributed by atoms with Gasteiger partial charge in [0, 0.05) is 44.0 Å². The molecule has 0 spiro atoms. The van der Waals surface area contributed by atoms with Crippen LogP contribution in [-0.4, -0.2) is 55.5 Å². The zero-order valence-electron chi connectivity index (χ0n) is 17.1. The van der Waals surface area contributed by atoms with Gasteiger partial charge in [0.2, 0.25) is 10.0 Å². The molecular formula is C22H29N3O3S. The second-order valence-electron chi connectivity index (χ2n) is 7.24. The summed E-state index contributed by atoms with van der Waals surface area (Å²) in [4.78, 5) is 14.9. The van der Waals surface area contributed by atoms with E-state index in [4.69, 9.17) is 0 Å². The lowest BCUT2D eigenvalue weighted by molar-refractivity contribution is 0.102. The van der Waals surface area contributed by atoms with Crippen LogP contribution in [0.1, 0.15) is 35.3 Å². The third kappa shape index (κ3) is 5.44. The number of piperazine rings is 1. The van der Waals surface area contributed by atoms with Crippen LogP contribution in [0.2, 0.25) is 0 Å². The molecule has 0 aromatic heterocycles. The number of anilines is 1. The number of rotatable bonds is 7. The second kappa shape index (κ2) is 9.52. The van der Waals surface area contributed by atoms with Crippen LogP contribution in [0.25, 0.3) is 0 Å². The van der Waals surface area contributed by atoms with Gasteiger partial charge >= 0.3 is 0 Å². The highest BCUT2D eigenvalue weighted by Crippen LogP contribution is 2.18. The number of amides is 1. The number of para-hydroxylation sites is 1. The highest BCUT2D eigenvalue weighted by atomic mass is 32.2. The number of carbonyl (C=O) groups is 1. The van der Waals surface area contributed by atoms with Gasteiger partial charge in [-0.25, -0.2) is 8.42 Å². The molecule has 1 aliphatic rings. The summed E-state index contributed by atoms with van der Waals surface area (Å²) in [6, 6.07) is 15.5. The lowest BCUT2D eigenvalue weighted by atomic mass is 10.1. The summed E-state index contributed by atoms with van der Waals surface area (Å²) in [5, 5.41) is 3.01. The molecule has 0 radical (unpaired) electrons. The number of sulfonamides is 1. The summed E-state index contributed by atoms with van der Waals surface area (Å²) in [6.07, 6.45) is 0.857. The molecule has 6 nitrogen and oxygen atoms in total. The van der Waals surface area contributed by atoms with Crippen molar-refractivity contribution in [2.24, 2.45) is 0 Å². The van der Waals surface area contributed by atoms with Crippen LogP contribution >= 0.6 is 0 Å². The normalized spacial score (nSPS) is 15.9. The number of carbonyl (C=O) groups excluding carboxylic acids is 1. The molecule has 7 heteroatoms. The largest absolute Gasteiger partial charge is 0.322 e. The topological polar surface area (TPSA) is 69.7 Å². The molecule has 3 rings (SSSR count). The monoisotopic (exact) mass is 415 g/mol. The highest BCUT2D eigenvalue weighted by molar-refractivity contribution is 7.89. The zero-order chi connectivity index (χ0) is 20.9. The van der Waals surface area contributed by atoms with Gasteiger partial charge in [0.15, 0.2) is 0 Å². The molecule has 0 aliphatic carbocycles. The zero-order valence-corrected chi connectivity index (χ0v) is 17.9. The van der Waals surface area contributed by atoms with Crippen LogP contribution < -0.4 is 5.32 Å². The third-order valence-electron chi connectivity index (χ3n) is 5.33. The number of benzene rings is 2. The number of hydrogen-bond acceptors (Lipinski definition) is 4. The van der Waals surface area contributed by atoms with E-state index < -0.39 is 10.0 Å². The van der Waals surface area contributed by atoms with E-state index in [-0.39, 0.29) is 11.7 Å². The molecule has 29 heavy (non-hydrogen) atoms. The molecular weight excluding hydrogens is 386 g/mol. The minimum Gasteiger partial charge on any atom is -0.322 e. The number of nitrogens with zero attached hydrogens (tertiary/aromatic N) is 2. The second-order valence-corrected chi connectivity index (χ2v) is 9.50. The van der Waals surface area contributed by atoms with Crippen LogP contribution in [0.4, 0.5) is 5.69 Å². The van der Waals surface area contributed by atoms with Gasteiger partial charge in [0.25, 0.3) is 5.91 Å². The molecule has 156 valence electrons. The maximum atomic E-state index is 12.7. The van der Waals surface area contributed by atoms with E-state index in [2.05, 4.69) is 17.1 Å². The summed E-state index contributed by atoms with van der Waals surface area (Å²) < 4.78 is 25.6. The minimum atomic E-state index is -3.12. The van der Waals surface area contributed by atoms with Gasteiger partial charge in [-0.15, -0.1) is 0 Å². The van der Waals surface area contributed by atoms with Gasteiger partial charge in [-0.05, 0) is 42.7 Å². The molecule has 0 atom stereocenters. The predicted molar refractivity (Wildman–Crippen MR) is 117 cm³/mol. The van der Waals surface area contributed by atoms with E-state index in [0.717, 1.165) is 23.2 Å². The van der Waals surface area contributed by atoms with Crippen molar-refractivity contribution in [1.82, 2.24) is 9.21 Å². The Labute approximate surface area is 173 Å². The smallest absolute Gasteiger partial charge is 0.255 e. The Morgan fingerprint density at radius 1 is 1.00 bits per heavy atom. The van der Waals surface area contributed by atoms with Crippen LogP contribution in [0.15, 0.2) is 48.5 Å². The molecule has 2 aromatic rings. The summed E-state index contributed by atoms with van der Waals surface area (Å²) in [5.41, 5.74) is 3.63. The number of hydrogen-bond donors (Lipinski definition) is 1. The molecule has 1 heterocycles. The van der Waals surface area contributed by atoms with E-state index in [1.807, 2.05) is 48.5 Å². The number of aryl methyl sites for hydroxylation is 1. The van der Waals surface area contributed by atoms with Crippen molar-refractivity contribution in [3.05, 3.63) is 65.2 Å². The van der Waals surface area contributed by atoms with Crippen LogP contribution in [0, 0.1) is 0 Å². The van der Waals surface area contributed by atoms with Crippen molar-refractivity contribution in [3.8, 4) is 0 Å². The van der Waals surface area contributed by atoms with E-state index in [0.29, 0.717) is 38.3 Å². The van der Waals surface area contributed by atoms with Crippen molar-refractivity contribution in [2.75, 3.05) is 37.2 Å². The Bertz CT molecular complexity index is 951. The fourth-order valence-electron chi connectivity index (χ4n) is 3.56. The quantitative estimate of drug-likeness (QED) is 0.755. The molecule has 0 saturated carbocycles. The fourth-order valence-corrected chi connectivity index (χ4v) is 4.65. The summed E-state index contributed by atoms with van der Waals surface area (Å²) in [5.74, 6) is 0.0253. The number of nitrogens with one attached hydrogen (secondary N) is 1. The first-order valence-corrected chi connectivity index (χ1v) is 11.7. The first-order chi connectivity index (χ1) is 13.9. The first kappa shape index (κ1) is 21.5. The molecule has 1 saturated heterocycles. The molecule has 1 amide bonds. The Kier molecular flexibility index (Phi) is 7.05. The highest BCUT2D eigenvalue weighted by Gasteiger charge is 2.25. The lowest BCUT2D eigenvalue weighted by Gasteiger charge is -2.33. The van der Waals surface area contributed by atoms with Gasteiger partial charge in [-0.3, -0.25) is 9.69 Å². The Balaban J connectivity index is 1.62. The molecule has 0 bridgehead atoms. The maximum Gasteiger partial charge on any atom is 0.255 e.